The quantitative estimate of drug-likeness (QED) is 0.137. The molecule has 0 unspecified atom stereocenters. The highest BCUT2D eigenvalue weighted by atomic mass is 16.5. The van der Waals surface area contributed by atoms with Gasteiger partial charge in [0.15, 0.2) is 0 Å². The second-order valence-electron chi connectivity index (χ2n) is 27.5. The van der Waals surface area contributed by atoms with Crippen LogP contribution in [0, 0.1) is 0 Å². The third-order valence-electron chi connectivity index (χ3n) is 16.5. The molecule has 402 valence electrons. The van der Waals surface area contributed by atoms with Gasteiger partial charge in [-0.2, -0.15) is 0 Å². The number of hydrogen-bond donors (Lipinski definition) is 0. The molecule has 7 aromatic carbocycles. The van der Waals surface area contributed by atoms with E-state index in [0.717, 1.165) is 39.6 Å². The predicted octanol–water partition coefficient (Wildman–Crippen LogP) is 20.6. The standard InChI is InChI=1S/C73H84N4O/c1-46(2)58-28-24-29-59(47(3)4)67(58)48-35-54(76-45-75(63-32-31-50(40-64(63)76)69(5,6)7)55-38-52(71(11,12)13)37-53(39-55)72(14,15)16)42-56(36-48)78-57-43-61(73(17,18)49-25-20-19-21-26-49)68-60-27-22-23-30-62(60)77(65(68)44-57)66-41-51(33-34-74-66)70(8,9)10/h19-44,46-47H,45H2,1-18H3. The summed E-state index contributed by atoms with van der Waals surface area (Å²) in [4.78, 5) is 10.2. The minimum atomic E-state index is -0.408. The number of fused-ring (bicyclic) bond motifs is 4. The number of ether oxygens (including phenoxy) is 1. The Bertz CT molecular complexity index is 3650. The fraction of sp³-hybridized carbons (Fsp3) is 0.356. The first kappa shape index (κ1) is 54.3. The second kappa shape index (κ2) is 19.7. The maximum absolute atomic E-state index is 7.60. The van der Waals surface area contributed by atoms with Gasteiger partial charge in [0.2, 0.25) is 0 Å². The Labute approximate surface area is 467 Å². The second-order valence-corrected chi connectivity index (χ2v) is 27.5. The van der Waals surface area contributed by atoms with E-state index in [9.17, 15) is 0 Å². The van der Waals surface area contributed by atoms with Crippen LogP contribution in [0.3, 0.4) is 0 Å². The minimum Gasteiger partial charge on any atom is -0.457 e. The van der Waals surface area contributed by atoms with Gasteiger partial charge >= 0.3 is 0 Å². The Hall–Kier alpha value is -7.11. The van der Waals surface area contributed by atoms with Crippen molar-refractivity contribution in [2.24, 2.45) is 0 Å². The van der Waals surface area contributed by atoms with E-state index in [1.807, 2.05) is 6.20 Å². The molecule has 1 aliphatic rings. The van der Waals surface area contributed by atoms with Gasteiger partial charge in [0, 0.05) is 45.9 Å². The first-order valence-corrected chi connectivity index (χ1v) is 28.5. The fourth-order valence-electron chi connectivity index (χ4n) is 11.7. The van der Waals surface area contributed by atoms with Crippen molar-refractivity contribution in [1.82, 2.24) is 9.55 Å². The van der Waals surface area contributed by atoms with E-state index in [0.29, 0.717) is 18.5 Å². The molecule has 0 fully saturated rings. The summed E-state index contributed by atoms with van der Waals surface area (Å²) in [5, 5.41) is 2.39. The normalized spacial score (nSPS) is 13.6. The molecule has 10 rings (SSSR count). The lowest BCUT2D eigenvalue weighted by atomic mass is 9.76. The highest BCUT2D eigenvalue weighted by Gasteiger charge is 2.34. The van der Waals surface area contributed by atoms with Gasteiger partial charge in [0.05, 0.1) is 22.4 Å². The average Bonchev–Trinajstić information content (AvgIpc) is 4.08. The van der Waals surface area contributed by atoms with E-state index < -0.39 is 5.41 Å². The van der Waals surface area contributed by atoms with Crippen LogP contribution >= 0.6 is 0 Å². The number of anilines is 4. The molecule has 3 heterocycles. The Morgan fingerprint density at radius 1 is 0.449 bits per heavy atom. The zero-order valence-electron chi connectivity index (χ0n) is 50.1. The number of hydrogen-bond acceptors (Lipinski definition) is 4. The zero-order chi connectivity index (χ0) is 56.0. The molecule has 78 heavy (non-hydrogen) atoms. The van der Waals surface area contributed by atoms with Crippen LogP contribution in [0.2, 0.25) is 0 Å². The molecule has 0 spiro atoms. The lowest BCUT2D eigenvalue weighted by Gasteiger charge is -2.29. The summed E-state index contributed by atoms with van der Waals surface area (Å²) in [5.41, 5.74) is 19.0. The van der Waals surface area contributed by atoms with Crippen LogP contribution in [-0.4, -0.2) is 16.2 Å². The van der Waals surface area contributed by atoms with Gasteiger partial charge < -0.3 is 14.5 Å². The van der Waals surface area contributed by atoms with Gasteiger partial charge in [0.25, 0.3) is 0 Å². The predicted molar refractivity (Wildman–Crippen MR) is 334 cm³/mol. The van der Waals surface area contributed by atoms with Gasteiger partial charge in [-0.05, 0) is 150 Å². The topological polar surface area (TPSA) is 33.5 Å². The van der Waals surface area contributed by atoms with Crippen LogP contribution in [0.15, 0.2) is 158 Å². The molecule has 5 heteroatoms. The van der Waals surface area contributed by atoms with E-state index in [-0.39, 0.29) is 21.7 Å². The van der Waals surface area contributed by atoms with E-state index >= 15 is 0 Å². The number of benzene rings is 7. The first-order valence-electron chi connectivity index (χ1n) is 28.5. The Balaban J connectivity index is 1.24. The molecule has 0 bridgehead atoms. The van der Waals surface area contributed by atoms with Crippen LogP contribution in [0.4, 0.5) is 22.7 Å². The Morgan fingerprint density at radius 2 is 1.01 bits per heavy atom. The van der Waals surface area contributed by atoms with Crippen molar-refractivity contribution in [3.8, 4) is 28.4 Å². The van der Waals surface area contributed by atoms with Gasteiger partial charge in [-0.3, -0.25) is 4.57 Å². The minimum absolute atomic E-state index is 0.0344. The van der Waals surface area contributed by atoms with Crippen molar-refractivity contribution in [3.05, 3.63) is 202 Å². The van der Waals surface area contributed by atoms with E-state index in [1.165, 1.54) is 77.9 Å². The average molecular weight is 1030 g/mol. The molecule has 2 aromatic heterocycles. The molecule has 9 aromatic rings. The summed E-state index contributed by atoms with van der Waals surface area (Å²) < 4.78 is 9.95. The molecule has 0 atom stereocenters. The summed E-state index contributed by atoms with van der Waals surface area (Å²) >= 11 is 0. The Morgan fingerprint density at radius 3 is 1.63 bits per heavy atom. The summed E-state index contributed by atoms with van der Waals surface area (Å²) in [6.07, 6.45) is 1.96. The van der Waals surface area contributed by atoms with Crippen LogP contribution in [0.1, 0.15) is 181 Å². The number of rotatable bonds is 10. The zero-order valence-corrected chi connectivity index (χ0v) is 50.1. The smallest absolute Gasteiger partial charge is 0.137 e. The van der Waals surface area contributed by atoms with Crippen molar-refractivity contribution >= 4 is 44.6 Å². The highest BCUT2D eigenvalue weighted by molar-refractivity contribution is 6.12. The van der Waals surface area contributed by atoms with Crippen molar-refractivity contribution in [2.75, 3.05) is 16.5 Å². The maximum Gasteiger partial charge on any atom is 0.137 e. The summed E-state index contributed by atoms with van der Waals surface area (Å²) in [5.74, 6) is 3.04. The lowest BCUT2D eigenvalue weighted by Crippen LogP contribution is -2.25. The lowest BCUT2D eigenvalue weighted by molar-refractivity contribution is 0.481. The van der Waals surface area contributed by atoms with Crippen molar-refractivity contribution in [3.63, 3.8) is 0 Å². The van der Waals surface area contributed by atoms with Gasteiger partial charge in [-0.1, -0.05) is 203 Å². The fourth-order valence-corrected chi connectivity index (χ4v) is 11.7. The number of pyridine rings is 1. The molecule has 0 aliphatic carbocycles. The molecule has 5 nitrogen and oxygen atoms in total. The molecule has 0 saturated heterocycles. The third-order valence-corrected chi connectivity index (χ3v) is 16.5. The van der Waals surface area contributed by atoms with Crippen LogP contribution in [-0.2, 0) is 27.1 Å². The molecule has 0 saturated carbocycles. The van der Waals surface area contributed by atoms with E-state index in [2.05, 4.69) is 291 Å². The molecule has 0 amide bonds. The van der Waals surface area contributed by atoms with Crippen LogP contribution in [0.25, 0.3) is 38.8 Å². The molecular formula is C73H84N4O. The molecular weight excluding hydrogens is 949 g/mol. The van der Waals surface area contributed by atoms with E-state index in [1.54, 1.807) is 0 Å². The largest absolute Gasteiger partial charge is 0.457 e. The number of aromatic nitrogens is 2. The van der Waals surface area contributed by atoms with Gasteiger partial charge in [-0.15, -0.1) is 0 Å². The first-order chi connectivity index (χ1) is 36.6. The molecule has 0 radical (unpaired) electrons. The monoisotopic (exact) mass is 1030 g/mol. The van der Waals surface area contributed by atoms with Crippen molar-refractivity contribution < 1.29 is 4.74 Å². The van der Waals surface area contributed by atoms with Gasteiger partial charge in [0.1, 0.15) is 24.0 Å². The summed E-state index contributed by atoms with van der Waals surface area (Å²) in [6.45, 7) is 42.4. The summed E-state index contributed by atoms with van der Waals surface area (Å²) in [6, 6.07) is 57.1. The molecule has 0 N–H and O–H groups in total. The molecule has 1 aliphatic heterocycles. The number of nitrogens with zero attached hydrogens (tertiary/aromatic N) is 4. The van der Waals surface area contributed by atoms with Gasteiger partial charge in [-0.25, -0.2) is 4.98 Å². The van der Waals surface area contributed by atoms with Crippen molar-refractivity contribution in [1.29, 1.82) is 0 Å². The maximum atomic E-state index is 7.60. The summed E-state index contributed by atoms with van der Waals surface area (Å²) in [7, 11) is 0. The van der Waals surface area contributed by atoms with Crippen molar-refractivity contribution in [2.45, 2.75) is 164 Å². The SMILES string of the molecule is CC(C)c1cccc(C(C)C)c1-c1cc(Oc2cc(C(C)(C)c3ccccc3)c3c4ccccc4n(-c4cc(C(C)(C)C)ccn4)c3c2)cc(N2CN(c3cc(C(C)(C)C)cc(C(C)(C)C)c3)c3ccc(C(C)(C)C)cc32)c1. The third kappa shape index (κ3) is 10.1. The van der Waals surface area contributed by atoms with E-state index in [4.69, 9.17) is 9.72 Å². The van der Waals surface area contributed by atoms with Crippen LogP contribution < -0.4 is 14.5 Å². The number of para-hydroxylation sites is 1. The van der Waals surface area contributed by atoms with Crippen LogP contribution in [0.5, 0.6) is 11.5 Å². The highest BCUT2D eigenvalue weighted by Crippen LogP contribution is 2.51. The Kier molecular flexibility index (Phi) is 13.7.